The Morgan fingerprint density at radius 1 is 1.05 bits per heavy atom. The molecule has 0 unspecified atom stereocenters. The highest BCUT2D eigenvalue weighted by Crippen LogP contribution is 2.43. The number of aliphatic carboxylic acids is 1. The fourth-order valence-electron chi connectivity index (χ4n) is 4.03. The topological polar surface area (TPSA) is 236 Å². The molecule has 0 bridgehead atoms. The number of aliphatic hydroxyl groups excluding tert-OH is 3. The van der Waals surface area contributed by atoms with Gasteiger partial charge in [0, 0.05) is 12.1 Å². The molecule has 0 saturated carbocycles. The zero-order chi connectivity index (χ0) is 27.9. The molecule has 0 aliphatic carbocycles. The van der Waals surface area contributed by atoms with Gasteiger partial charge in [-0.05, 0) is 17.7 Å². The molecule has 0 aromatic heterocycles. The van der Waals surface area contributed by atoms with Crippen molar-refractivity contribution in [2.45, 2.75) is 43.2 Å². The summed E-state index contributed by atoms with van der Waals surface area (Å²) in [6, 6.07) is 6.02. The molecular formula is C22H22O15S. The first-order valence-electron chi connectivity index (χ1n) is 10.8. The lowest BCUT2D eigenvalue weighted by Gasteiger charge is -2.38. The zero-order valence-electron chi connectivity index (χ0n) is 19.3. The van der Waals surface area contributed by atoms with Crippen LogP contribution in [0.15, 0.2) is 30.3 Å². The SMILES string of the molecule is COc1ccc([C@@H]2CC(=O)c3c(O)cc(OS(=O)(=O)O)cc3O2)cc1O[C@@H]1O[C@H](C(=O)O)[C@@H](O)[C@H](O)[C@H]1O. The number of hydrogen-bond acceptors (Lipinski definition) is 13. The van der Waals surface area contributed by atoms with Gasteiger partial charge in [0.05, 0.1) is 13.5 Å². The third kappa shape index (κ3) is 5.45. The molecule has 4 rings (SSSR count). The first-order chi connectivity index (χ1) is 17.8. The fourth-order valence-corrected chi connectivity index (χ4v) is 4.37. The third-order valence-corrected chi connectivity index (χ3v) is 6.19. The summed E-state index contributed by atoms with van der Waals surface area (Å²) in [6.45, 7) is 0. The van der Waals surface area contributed by atoms with E-state index >= 15 is 0 Å². The summed E-state index contributed by atoms with van der Waals surface area (Å²) >= 11 is 0. The van der Waals surface area contributed by atoms with E-state index in [9.17, 15) is 43.5 Å². The number of ketones is 1. The summed E-state index contributed by atoms with van der Waals surface area (Å²) in [4.78, 5) is 24.1. The number of Topliss-reactive ketones (excluding diaryl/α,β-unsaturated/α-hetero) is 1. The first-order valence-corrected chi connectivity index (χ1v) is 12.2. The standard InChI is InChI=1S/C22H22O15S/c1-33-12-3-2-8(4-14(12)35-22-19(27)17(25)18(26)20(36-22)21(28)29)13-7-11(24)16-10(23)5-9(6-15(16)34-13)37-38(30,31)32/h2-6,13,17-20,22-23,25-27H,7H2,1H3,(H,28,29)(H,30,31,32)/t13-,17-,18-,19+,20-,22+/m0/s1. The molecule has 1 saturated heterocycles. The van der Waals surface area contributed by atoms with Gasteiger partial charge in [0.25, 0.3) is 0 Å². The molecule has 2 aromatic carbocycles. The second kappa shape index (κ2) is 10.2. The van der Waals surface area contributed by atoms with Gasteiger partial charge in [0.1, 0.15) is 41.5 Å². The van der Waals surface area contributed by atoms with Gasteiger partial charge in [-0.1, -0.05) is 6.07 Å². The van der Waals surface area contributed by atoms with Gasteiger partial charge < -0.3 is 48.7 Å². The number of phenolic OH excluding ortho intramolecular Hbond substituents is 1. The summed E-state index contributed by atoms with van der Waals surface area (Å²) in [5.74, 6) is -3.61. The molecule has 2 aromatic rings. The second-order valence-electron chi connectivity index (χ2n) is 8.32. The molecule has 0 radical (unpaired) electrons. The van der Waals surface area contributed by atoms with Gasteiger partial charge in [-0.25, -0.2) is 4.79 Å². The van der Waals surface area contributed by atoms with E-state index < -0.39 is 70.5 Å². The molecule has 206 valence electrons. The molecule has 0 amide bonds. The van der Waals surface area contributed by atoms with Crippen molar-refractivity contribution >= 4 is 22.2 Å². The van der Waals surface area contributed by atoms with Crippen molar-refractivity contribution in [3.63, 3.8) is 0 Å². The molecule has 2 heterocycles. The van der Waals surface area contributed by atoms with E-state index in [-0.39, 0.29) is 29.2 Å². The Balaban J connectivity index is 1.64. The van der Waals surface area contributed by atoms with Gasteiger partial charge in [-0.15, -0.1) is 0 Å². The van der Waals surface area contributed by atoms with Crippen LogP contribution in [0.1, 0.15) is 28.4 Å². The molecule has 15 nitrogen and oxygen atoms in total. The molecule has 2 aliphatic rings. The highest BCUT2D eigenvalue weighted by Gasteiger charge is 2.48. The Labute approximate surface area is 214 Å². The number of benzene rings is 2. The Kier molecular flexibility index (Phi) is 7.37. The fraction of sp³-hybridized carbons (Fsp3) is 0.364. The summed E-state index contributed by atoms with van der Waals surface area (Å²) in [5.41, 5.74) is 0.0565. The monoisotopic (exact) mass is 558 g/mol. The lowest BCUT2D eigenvalue weighted by atomic mass is 9.95. The molecule has 16 heteroatoms. The molecule has 1 fully saturated rings. The van der Waals surface area contributed by atoms with E-state index in [1.54, 1.807) is 0 Å². The third-order valence-electron chi connectivity index (χ3n) is 5.79. The van der Waals surface area contributed by atoms with Gasteiger partial charge in [0.2, 0.25) is 6.29 Å². The van der Waals surface area contributed by atoms with Crippen LogP contribution in [0.2, 0.25) is 0 Å². The number of aromatic hydroxyl groups is 1. The number of carbonyl (C=O) groups is 2. The molecule has 2 aliphatic heterocycles. The maximum absolute atomic E-state index is 12.8. The van der Waals surface area contributed by atoms with Crippen molar-refractivity contribution in [2.24, 2.45) is 0 Å². The number of methoxy groups -OCH3 is 1. The average molecular weight is 558 g/mol. The van der Waals surface area contributed by atoms with Crippen LogP contribution in [0.5, 0.6) is 28.7 Å². The van der Waals surface area contributed by atoms with Gasteiger partial charge in [-0.3, -0.25) is 9.35 Å². The van der Waals surface area contributed by atoms with E-state index in [0.29, 0.717) is 5.56 Å². The largest absolute Gasteiger partial charge is 0.507 e. The molecule has 6 atom stereocenters. The Hall–Kier alpha value is -3.67. The van der Waals surface area contributed by atoms with Crippen molar-refractivity contribution in [2.75, 3.05) is 7.11 Å². The maximum Gasteiger partial charge on any atom is 0.446 e. The Morgan fingerprint density at radius 2 is 1.76 bits per heavy atom. The average Bonchev–Trinajstić information content (AvgIpc) is 2.82. The number of ether oxygens (including phenoxy) is 4. The van der Waals surface area contributed by atoms with Crippen LogP contribution in [0.25, 0.3) is 0 Å². The van der Waals surface area contributed by atoms with Crippen LogP contribution < -0.4 is 18.4 Å². The molecule has 6 N–H and O–H groups in total. The van der Waals surface area contributed by atoms with Crippen LogP contribution in [0.3, 0.4) is 0 Å². The van der Waals surface area contributed by atoms with Gasteiger partial charge in [-0.2, -0.15) is 8.42 Å². The van der Waals surface area contributed by atoms with E-state index in [0.717, 1.165) is 12.1 Å². The highest BCUT2D eigenvalue weighted by atomic mass is 32.3. The highest BCUT2D eigenvalue weighted by molar-refractivity contribution is 7.81. The number of aliphatic hydroxyl groups is 3. The smallest absolute Gasteiger partial charge is 0.446 e. The minimum absolute atomic E-state index is 0.0843. The van der Waals surface area contributed by atoms with Crippen molar-refractivity contribution in [3.8, 4) is 28.7 Å². The molecule has 38 heavy (non-hydrogen) atoms. The number of rotatable bonds is 7. The van der Waals surface area contributed by atoms with Crippen molar-refractivity contribution in [1.82, 2.24) is 0 Å². The van der Waals surface area contributed by atoms with Gasteiger partial charge >= 0.3 is 16.4 Å². The summed E-state index contributed by atoms with van der Waals surface area (Å²) in [7, 11) is -3.65. The first kappa shape index (κ1) is 27.4. The number of carboxylic acid groups (broad SMARTS) is 1. The predicted molar refractivity (Wildman–Crippen MR) is 121 cm³/mol. The van der Waals surface area contributed by atoms with E-state index in [1.807, 2.05) is 0 Å². The number of carboxylic acids is 1. The van der Waals surface area contributed by atoms with Crippen molar-refractivity contribution < 1.29 is 71.2 Å². The lowest BCUT2D eigenvalue weighted by molar-refractivity contribution is -0.271. The number of fused-ring (bicyclic) bond motifs is 1. The quantitative estimate of drug-likeness (QED) is 0.236. The maximum atomic E-state index is 12.8. The van der Waals surface area contributed by atoms with Crippen LogP contribution in [0.4, 0.5) is 0 Å². The van der Waals surface area contributed by atoms with Crippen LogP contribution >= 0.6 is 0 Å². The number of hydrogen-bond donors (Lipinski definition) is 6. The van der Waals surface area contributed by atoms with E-state index in [1.165, 1.54) is 25.3 Å². The minimum atomic E-state index is -4.93. The number of phenols is 1. The van der Waals surface area contributed by atoms with Crippen molar-refractivity contribution in [1.29, 1.82) is 0 Å². The normalized spacial score (nSPS) is 27.1. The Bertz CT molecular complexity index is 1360. The molecule has 0 spiro atoms. The lowest BCUT2D eigenvalue weighted by Crippen LogP contribution is -2.61. The summed E-state index contributed by atoms with van der Waals surface area (Å²) in [5, 5.41) is 49.6. The molecular weight excluding hydrogens is 536 g/mol. The zero-order valence-corrected chi connectivity index (χ0v) is 20.1. The van der Waals surface area contributed by atoms with E-state index in [2.05, 4.69) is 4.18 Å². The summed E-state index contributed by atoms with van der Waals surface area (Å²) in [6.07, 6.45) is -10.6. The predicted octanol–water partition coefficient (Wildman–Crippen LogP) is -0.440. The van der Waals surface area contributed by atoms with Crippen molar-refractivity contribution in [3.05, 3.63) is 41.5 Å². The second-order valence-corrected chi connectivity index (χ2v) is 9.35. The summed E-state index contributed by atoms with van der Waals surface area (Å²) < 4.78 is 57.0. The minimum Gasteiger partial charge on any atom is -0.507 e. The van der Waals surface area contributed by atoms with Gasteiger partial charge in [0.15, 0.2) is 29.1 Å². The van der Waals surface area contributed by atoms with E-state index in [4.69, 9.17) is 23.5 Å². The van der Waals surface area contributed by atoms with Crippen LogP contribution in [-0.4, -0.2) is 88.1 Å². The van der Waals surface area contributed by atoms with Crippen LogP contribution in [-0.2, 0) is 19.9 Å². The van der Waals surface area contributed by atoms with Crippen LogP contribution in [0, 0.1) is 0 Å². The Morgan fingerprint density at radius 3 is 2.39 bits per heavy atom. The number of carbonyl (C=O) groups excluding carboxylic acids is 1.